The van der Waals surface area contributed by atoms with Crippen molar-refractivity contribution < 1.29 is 19.1 Å². The highest BCUT2D eigenvalue weighted by Crippen LogP contribution is 2.25. The van der Waals surface area contributed by atoms with Gasteiger partial charge in [0.1, 0.15) is 17.9 Å². The number of carbonyl (C=O) groups is 2. The summed E-state index contributed by atoms with van der Waals surface area (Å²) in [7, 11) is 1.29. The van der Waals surface area contributed by atoms with Crippen molar-refractivity contribution in [2.75, 3.05) is 20.2 Å². The molecule has 0 aliphatic carbocycles. The van der Waals surface area contributed by atoms with Gasteiger partial charge >= 0.3 is 5.97 Å². The zero-order valence-corrected chi connectivity index (χ0v) is 19.5. The molecule has 0 fully saturated rings. The summed E-state index contributed by atoms with van der Waals surface area (Å²) in [5.74, 6) is -0.498. The third-order valence-corrected chi connectivity index (χ3v) is 5.96. The van der Waals surface area contributed by atoms with E-state index in [-0.39, 0.29) is 42.4 Å². The van der Waals surface area contributed by atoms with E-state index in [1.807, 2.05) is 6.07 Å². The van der Waals surface area contributed by atoms with Gasteiger partial charge in [0.15, 0.2) is 0 Å². The fourth-order valence-electron chi connectivity index (χ4n) is 4.01. The summed E-state index contributed by atoms with van der Waals surface area (Å²) < 4.78 is 12.4. The van der Waals surface area contributed by atoms with E-state index in [4.69, 9.17) is 21.1 Å². The van der Waals surface area contributed by atoms with Crippen LogP contribution in [-0.4, -0.2) is 46.5 Å². The van der Waals surface area contributed by atoms with Crippen LogP contribution in [0.3, 0.4) is 0 Å². The second kappa shape index (κ2) is 10.5. The minimum absolute atomic E-state index is 0.0723. The Morgan fingerprint density at radius 3 is 2.59 bits per heavy atom. The Labute approximate surface area is 201 Å². The minimum atomic E-state index is -0.591. The molecule has 1 amide bonds. The molecule has 0 N–H and O–H groups in total. The third-order valence-electron chi connectivity index (χ3n) is 5.72. The number of amides is 1. The number of nitrogens with zero attached hydrogens (tertiary/aromatic N) is 3. The number of rotatable bonds is 6. The zero-order valence-electron chi connectivity index (χ0n) is 18.7. The molecule has 3 heterocycles. The van der Waals surface area contributed by atoms with Gasteiger partial charge in [-0.25, -0.2) is 4.79 Å². The molecule has 1 aliphatic rings. The maximum absolute atomic E-state index is 12.9. The molecule has 0 spiro atoms. The van der Waals surface area contributed by atoms with E-state index >= 15 is 0 Å². The standard InChI is InChI=1S/C25H24ClN3O5/c1-33-25(32)24-20-7-10-28(22(30)14-18-3-2-4-19(26)13-18)11-12-29(20)23(31)15-21(24)34-16-17-5-8-27-9-6-17/h2-6,8-9,13,15H,7,10-12,14,16H2,1H3. The predicted molar refractivity (Wildman–Crippen MR) is 126 cm³/mol. The molecular weight excluding hydrogens is 458 g/mol. The van der Waals surface area contributed by atoms with E-state index in [0.717, 1.165) is 11.1 Å². The summed E-state index contributed by atoms with van der Waals surface area (Å²) in [4.78, 5) is 44.2. The molecule has 1 aromatic carbocycles. The number of ether oxygens (including phenoxy) is 2. The molecule has 34 heavy (non-hydrogen) atoms. The Morgan fingerprint density at radius 2 is 1.85 bits per heavy atom. The van der Waals surface area contributed by atoms with Gasteiger partial charge < -0.3 is 18.9 Å². The zero-order chi connectivity index (χ0) is 24.1. The number of esters is 1. The number of pyridine rings is 2. The van der Waals surface area contributed by atoms with Crippen LogP contribution in [0.2, 0.25) is 5.02 Å². The first-order valence-electron chi connectivity index (χ1n) is 10.8. The summed E-state index contributed by atoms with van der Waals surface area (Å²) in [5, 5.41) is 0.571. The largest absolute Gasteiger partial charge is 0.488 e. The van der Waals surface area contributed by atoms with Crippen molar-refractivity contribution in [3.8, 4) is 5.75 Å². The van der Waals surface area contributed by atoms with E-state index < -0.39 is 5.97 Å². The van der Waals surface area contributed by atoms with E-state index in [9.17, 15) is 14.4 Å². The highest BCUT2D eigenvalue weighted by molar-refractivity contribution is 6.30. The Balaban J connectivity index is 1.58. The molecule has 4 rings (SSSR count). The number of halogens is 1. The van der Waals surface area contributed by atoms with E-state index in [1.165, 1.54) is 17.7 Å². The summed E-state index contributed by atoms with van der Waals surface area (Å²) in [5.41, 5.74) is 2.08. The maximum atomic E-state index is 12.9. The molecular formula is C25H24ClN3O5. The quantitative estimate of drug-likeness (QED) is 0.503. The summed E-state index contributed by atoms with van der Waals surface area (Å²) in [6.07, 6.45) is 3.80. The number of hydrogen-bond acceptors (Lipinski definition) is 6. The minimum Gasteiger partial charge on any atom is -0.488 e. The molecule has 0 saturated heterocycles. The lowest BCUT2D eigenvalue weighted by Gasteiger charge is -2.20. The van der Waals surface area contributed by atoms with Gasteiger partial charge in [0.05, 0.1) is 13.5 Å². The maximum Gasteiger partial charge on any atom is 0.343 e. The summed E-state index contributed by atoms with van der Waals surface area (Å²) in [6.45, 7) is 1.14. The number of hydrogen-bond donors (Lipinski definition) is 0. The Kier molecular flexibility index (Phi) is 7.27. The number of aromatic nitrogens is 2. The Bertz CT molecular complexity index is 1260. The first-order valence-corrected chi connectivity index (χ1v) is 11.2. The lowest BCUT2D eigenvalue weighted by Crippen LogP contribution is -2.35. The number of carbonyl (C=O) groups excluding carboxylic acids is 2. The van der Waals surface area contributed by atoms with Crippen molar-refractivity contribution in [1.29, 1.82) is 0 Å². The van der Waals surface area contributed by atoms with Gasteiger partial charge in [-0.1, -0.05) is 23.7 Å². The van der Waals surface area contributed by atoms with Crippen molar-refractivity contribution in [3.05, 3.63) is 92.6 Å². The van der Waals surface area contributed by atoms with Crippen LogP contribution in [0, 0.1) is 0 Å². The smallest absolute Gasteiger partial charge is 0.343 e. The molecule has 176 valence electrons. The van der Waals surface area contributed by atoms with Gasteiger partial charge in [0.2, 0.25) is 5.91 Å². The van der Waals surface area contributed by atoms with Gasteiger partial charge in [-0.2, -0.15) is 0 Å². The van der Waals surface area contributed by atoms with Gasteiger partial charge in [-0.3, -0.25) is 14.6 Å². The molecule has 0 radical (unpaired) electrons. The van der Waals surface area contributed by atoms with Crippen LogP contribution in [0.5, 0.6) is 5.75 Å². The fourth-order valence-corrected chi connectivity index (χ4v) is 4.22. The lowest BCUT2D eigenvalue weighted by atomic mass is 10.1. The van der Waals surface area contributed by atoms with Gasteiger partial charge in [0, 0.05) is 55.2 Å². The van der Waals surface area contributed by atoms with Crippen molar-refractivity contribution in [2.24, 2.45) is 0 Å². The Hall–Kier alpha value is -3.65. The second-order valence-electron chi connectivity index (χ2n) is 7.89. The molecule has 0 saturated carbocycles. The van der Waals surface area contributed by atoms with Crippen molar-refractivity contribution >= 4 is 23.5 Å². The molecule has 1 aliphatic heterocycles. The van der Waals surface area contributed by atoms with Gasteiger partial charge in [0.25, 0.3) is 5.56 Å². The fraction of sp³-hybridized carbons (Fsp3) is 0.280. The topological polar surface area (TPSA) is 90.7 Å². The number of fused-ring (bicyclic) bond motifs is 1. The number of benzene rings is 1. The summed E-state index contributed by atoms with van der Waals surface area (Å²) in [6, 6.07) is 12.1. The van der Waals surface area contributed by atoms with Gasteiger partial charge in [-0.05, 0) is 35.4 Å². The van der Waals surface area contributed by atoms with Crippen LogP contribution in [0.4, 0.5) is 0 Å². The monoisotopic (exact) mass is 481 g/mol. The third kappa shape index (κ3) is 5.28. The van der Waals surface area contributed by atoms with Crippen LogP contribution < -0.4 is 10.3 Å². The van der Waals surface area contributed by atoms with E-state index in [2.05, 4.69) is 4.98 Å². The summed E-state index contributed by atoms with van der Waals surface area (Å²) >= 11 is 6.04. The van der Waals surface area contributed by atoms with E-state index in [1.54, 1.807) is 47.6 Å². The average molecular weight is 482 g/mol. The van der Waals surface area contributed by atoms with Crippen LogP contribution >= 0.6 is 11.6 Å². The molecule has 0 atom stereocenters. The Morgan fingerprint density at radius 1 is 1.06 bits per heavy atom. The first-order chi connectivity index (χ1) is 16.5. The predicted octanol–water partition coefficient (Wildman–Crippen LogP) is 2.89. The normalized spacial score (nSPS) is 13.1. The highest BCUT2D eigenvalue weighted by Gasteiger charge is 2.27. The second-order valence-corrected chi connectivity index (χ2v) is 8.33. The van der Waals surface area contributed by atoms with Crippen LogP contribution in [-0.2, 0) is 35.5 Å². The highest BCUT2D eigenvalue weighted by atomic mass is 35.5. The first kappa shape index (κ1) is 23.5. The van der Waals surface area contributed by atoms with Crippen molar-refractivity contribution in [2.45, 2.75) is 26.0 Å². The van der Waals surface area contributed by atoms with Crippen molar-refractivity contribution in [1.82, 2.24) is 14.5 Å². The molecule has 3 aromatic rings. The molecule has 2 aromatic heterocycles. The lowest BCUT2D eigenvalue weighted by molar-refractivity contribution is -0.130. The van der Waals surface area contributed by atoms with Crippen LogP contribution in [0.1, 0.15) is 27.2 Å². The molecule has 0 unspecified atom stereocenters. The molecule has 8 nitrogen and oxygen atoms in total. The average Bonchev–Trinajstić information content (AvgIpc) is 3.07. The molecule has 0 bridgehead atoms. The van der Waals surface area contributed by atoms with Crippen LogP contribution in [0.25, 0.3) is 0 Å². The van der Waals surface area contributed by atoms with E-state index in [0.29, 0.717) is 30.2 Å². The number of methoxy groups -OCH3 is 1. The van der Waals surface area contributed by atoms with Gasteiger partial charge in [-0.15, -0.1) is 0 Å². The van der Waals surface area contributed by atoms with Crippen LogP contribution in [0.15, 0.2) is 59.7 Å². The SMILES string of the molecule is COC(=O)c1c(OCc2ccncc2)cc(=O)n2c1CCN(C(=O)Cc1cccc(Cl)c1)CC2. The van der Waals surface area contributed by atoms with Crippen molar-refractivity contribution in [3.63, 3.8) is 0 Å². The molecule has 9 heteroatoms.